The zero-order valence-corrected chi connectivity index (χ0v) is 10.7. The summed E-state index contributed by atoms with van der Waals surface area (Å²) in [6.45, 7) is 6.18. The lowest BCUT2D eigenvalue weighted by Gasteiger charge is -2.21. The monoisotopic (exact) mass is 236 g/mol. The van der Waals surface area contributed by atoms with Crippen molar-refractivity contribution in [2.24, 2.45) is 17.8 Å². The van der Waals surface area contributed by atoms with Crippen LogP contribution in [0.2, 0.25) is 0 Å². The van der Waals surface area contributed by atoms with Gasteiger partial charge in [0.2, 0.25) is 0 Å². The molecule has 3 nitrogen and oxygen atoms in total. The highest BCUT2D eigenvalue weighted by Crippen LogP contribution is 2.43. The first-order chi connectivity index (χ1) is 8.04. The molecular weight excluding hydrogens is 216 g/mol. The summed E-state index contributed by atoms with van der Waals surface area (Å²) in [5, 5.41) is 9.30. The topological polar surface area (TPSA) is 46.5 Å². The number of aliphatic hydroxyl groups is 1. The van der Waals surface area contributed by atoms with Crippen LogP contribution in [0.15, 0.2) is 23.0 Å². The van der Waals surface area contributed by atoms with Gasteiger partial charge in [0.25, 0.3) is 0 Å². The smallest absolute Gasteiger partial charge is 0.339 e. The first-order valence-corrected chi connectivity index (χ1v) is 6.30. The van der Waals surface area contributed by atoms with Crippen molar-refractivity contribution in [2.75, 3.05) is 6.61 Å². The molecule has 0 aromatic carbocycles. The summed E-state index contributed by atoms with van der Waals surface area (Å²) in [6.07, 6.45) is 4.03. The molecule has 0 radical (unpaired) electrons. The van der Waals surface area contributed by atoms with Crippen molar-refractivity contribution in [2.45, 2.75) is 33.6 Å². The predicted molar refractivity (Wildman–Crippen MR) is 65.0 cm³/mol. The largest absolute Gasteiger partial charge is 0.423 e. The van der Waals surface area contributed by atoms with Crippen molar-refractivity contribution in [3.63, 3.8) is 0 Å². The van der Waals surface area contributed by atoms with E-state index in [1.54, 1.807) is 6.92 Å². The van der Waals surface area contributed by atoms with Crippen LogP contribution in [0.25, 0.3) is 0 Å². The van der Waals surface area contributed by atoms with Crippen molar-refractivity contribution < 1.29 is 14.6 Å². The molecule has 0 aromatic rings. The Kier molecular flexibility index (Phi) is 3.38. The molecular formula is C14H20O3. The quantitative estimate of drug-likeness (QED) is 0.749. The molecule has 1 heterocycles. The van der Waals surface area contributed by atoms with Gasteiger partial charge in [-0.05, 0) is 49.2 Å². The molecule has 1 aliphatic carbocycles. The zero-order valence-electron chi connectivity index (χ0n) is 10.7. The van der Waals surface area contributed by atoms with Crippen molar-refractivity contribution >= 4 is 5.97 Å². The van der Waals surface area contributed by atoms with Gasteiger partial charge in [0.1, 0.15) is 5.76 Å². The molecule has 1 saturated carbocycles. The van der Waals surface area contributed by atoms with Gasteiger partial charge in [0.15, 0.2) is 0 Å². The van der Waals surface area contributed by atoms with Crippen LogP contribution in [0.4, 0.5) is 0 Å². The Bertz CT molecular complexity index is 392. The van der Waals surface area contributed by atoms with E-state index in [0.29, 0.717) is 17.4 Å². The Labute approximate surface area is 102 Å². The Morgan fingerprint density at radius 1 is 1.53 bits per heavy atom. The number of esters is 1. The summed E-state index contributed by atoms with van der Waals surface area (Å²) in [5.74, 6) is 1.53. The number of ether oxygens (including phenoxy) is 1. The summed E-state index contributed by atoms with van der Waals surface area (Å²) in [6, 6.07) is 0. The molecule has 3 heteroatoms. The summed E-state index contributed by atoms with van der Waals surface area (Å²) in [5.41, 5.74) is 1.89. The minimum absolute atomic E-state index is 0.185. The van der Waals surface area contributed by atoms with Crippen LogP contribution in [-0.2, 0) is 9.53 Å². The van der Waals surface area contributed by atoms with E-state index in [1.807, 2.05) is 6.08 Å². The van der Waals surface area contributed by atoms with Gasteiger partial charge >= 0.3 is 5.97 Å². The lowest BCUT2D eigenvalue weighted by Crippen LogP contribution is -2.16. The number of carbonyl (C=O) groups is 1. The number of rotatable bonds is 2. The van der Waals surface area contributed by atoms with E-state index < -0.39 is 0 Å². The summed E-state index contributed by atoms with van der Waals surface area (Å²) in [7, 11) is 0. The second kappa shape index (κ2) is 4.65. The Hall–Kier alpha value is -1.09. The highest BCUT2D eigenvalue weighted by Gasteiger charge is 2.35. The molecule has 0 amide bonds. The summed E-state index contributed by atoms with van der Waals surface area (Å²) >= 11 is 0. The molecule has 94 valence electrons. The number of allylic oxidation sites excluding steroid dienone is 2. The summed E-state index contributed by atoms with van der Waals surface area (Å²) < 4.78 is 5.32. The lowest BCUT2D eigenvalue weighted by atomic mass is 9.87. The van der Waals surface area contributed by atoms with Crippen molar-refractivity contribution in [1.82, 2.24) is 0 Å². The standard InChI is InChI=1S/C14H20O3/c1-8-4-5-11(10(3)7-15)13(8)12-6-9(2)14(16)17-12/h6,8,10-11,15H,4-5,7H2,1-3H3/b13-12-/t8-,10-,11-/m1/s1. The van der Waals surface area contributed by atoms with Gasteiger partial charge in [-0.3, -0.25) is 0 Å². The molecule has 0 saturated heterocycles. The number of cyclic esters (lactones) is 1. The zero-order chi connectivity index (χ0) is 12.6. The van der Waals surface area contributed by atoms with Gasteiger partial charge in [-0.25, -0.2) is 4.79 Å². The third kappa shape index (κ3) is 2.16. The van der Waals surface area contributed by atoms with Gasteiger partial charge in [-0.1, -0.05) is 13.8 Å². The maximum atomic E-state index is 11.4. The average molecular weight is 236 g/mol. The van der Waals surface area contributed by atoms with Crippen LogP contribution in [0.5, 0.6) is 0 Å². The van der Waals surface area contributed by atoms with Crippen LogP contribution in [0.3, 0.4) is 0 Å². The van der Waals surface area contributed by atoms with Crippen LogP contribution in [0, 0.1) is 17.8 Å². The highest BCUT2D eigenvalue weighted by molar-refractivity contribution is 5.92. The van der Waals surface area contributed by atoms with Gasteiger partial charge in [-0.15, -0.1) is 0 Å². The summed E-state index contributed by atoms with van der Waals surface area (Å²) in [4.78, 5) is 11.4. The molecule has 1 aliphatic heterocycles. The molecule has 0 aromatic heterocycles. The molecule has 17 heavy (non-hydrogen) atoms. The number of hydrogen-bond donors (Lipinski definition) is 1. The fraction of sp³-hybridized carbons (Fsp3) is 0.643. The molecule has 0 bridgehead atoms. The van der Waals surface area contributed by atoms with Crippen molar-refractivity contribution in [3.05, 3.63) is 23.0 Å². The van der Waals surface area contributed by atoms with E-state index in [1.165, 1.54) is 5.57 Å². The van der Waals surface area contributed by atoms with Crippen molar-refractivity contribution in [3.8, 4) is 0 Å². The number of carbonyl (C=O) groups excluding carboxylic acids is 1. The van der Waals surface area contributed by atoms with Gasteiger partial charge < -0.3 is 9.84 Å². The third-order valence-corrected chi connectivity index (χ3v) is 3.97. The van der Waals surface area contributed by atoms with Gasteiger partial charge in [0, 0.05) is 12.2 Å². The van der Waals surface area contributed by atoms with E-state index in [2.05, 4.69) is 13.8 Å². The molecule has 0 spiro atoms. The first-order valence-electron chi connectivity index (χ1n) is 6.30. The van der Waals surface area contributed by atoms with Crippen molar-refractivity contribution in [1.29, 1.82) is 0 Å². The van der Waals surface area contributed by atoms with Gasteiger partial charge in [-0.2, -0.15) is 0 Å². The van der Waals surface area contributed by atoms with E-state index in [-0.39, 0.29) is 18.5 Å². The lowest BCUT2D eigenvalue weighted by molar-refractivity contribution is -0.133. The second-order valence-electron chi connectivity index (χ2n) is 5.28. The molecule has 0 unspecified atom stereocenters. The van der Waals surface area contributed by atoms with Gasteiger partial charge in [0.05, 0.1) is 0 Å². The Balaban J connectivity index is 2.34. The predicted octanol–water partition coefficient (Wildman–Crippen LogP) is 2.42. The minimum Gasteiger partial charge on any atom is -0.423 e. The average Bonchev–Trinajstić information content (AvgIpc) is 2.82. The molecule has 2 rings (SSSR count). The van der Waals surface area contributed by atoms with Crippen LogP contribution >= 0.6 is 0 Å². The van der Waals surface area contributed by atoms with E-state index in [9.17, 15) is 9.90 Å². The normalized spacial score (nSPS) is 34.8. The van der Waals surface area contributed by atoms with E-state index in [0.717, 1.165) is 18.6 Å². The fourth-order valence-electron chi connectivity index (χ4n) is 2.86. The molecule has 3 atom stereocenters. The Morgan fingerprint density at radius 2 is 2.24 bits per heavy atom. The van der Waals surface area contributed by atoms with Crippen LogP contribution < -0.4 is 0 Å². The highest BCUT2D eigenvalue weighted by atomic mass is 16.5. The second-order valence-corrected chi connectivity index (χ2v) is 5.28. The SMILES string of the molecule is CC1=C/C(=C2\[C@H](C)CC[C@@H]2[C@H](C)CO)OC1=O. The fourth-order valence-corrected chi connectivity index (χ4v) is 2.86. The molecule has 2 aliphatic rings. The first kappa shape index (κ1) is 12.4. The third-order valence-electron chi connectivity index (χ3n) is 3.97. The molecule has 1 N–H and O–H groups in total. The van der Waals surface area contributed by atoms with E-state index >= 15 is 0 Å². The molecule has 1 fully saturated rings. The van der Waals surface area contributed by atoms with Crippen LogP contribution in [0.1, 0.15) is 33.6 Å². The Morgan fingerprint density at radius 3 is 2.76 bits per heavy atom. The number of aliphatic hydroxyl groups excluding tert-OH is 1. The number of hydrogen-bond acceptors (Lipinski definition) is 3. The van der Waals surface area contributed by atoms with E-state index in [4.69, 9.17) is 4.74 Å². The van der Waals surface area contributed by atoms with Crippen LogP contribution in [-0.4, -0.2) is 17.7 Å². The maximum Gasteiger partial charge on any atom is 0.339 e. The minimum atomic E-state index is -0.234. The maximum absolute atomic E-state index is 11.4.